The molecule has 94 valence electrons. The van der Waals surface area contributed by atoms with Crippen molar-refractivity contribution in [3.8, 4) is 11.6 Å². The number of nitrogens with two attached hydrogens (primary N) is 1. The van der Waals surface area contributed by atoms with Crippen LogP contribution in [0.5, 0.6) is 11.6 Å². The lowest BCUT2D eigenvalue weighted by Gasteiger charge is -2.09. The van der Waals surface area contributed by atoms with E-state index in [2.05, 4.69) is 20.9 Å². The van der Waals surface area contributed by atoms with Gasteiger partial charge in [-0.3, -0.25) is 0 Å². The SMILES string of the molecule is Cc1c(N)cnc(Oc2ccc(F)c(F)c2)c1Br. The fourth-order valence-corrected chi connectivity index (χ4v) is 1.70. The van der Waals surface area contributed by atoms with Crippen LogP contribution >= 0.6 is 15.9 Å². The van der Waals surface area contributed by atoms with E-state index in [0.29, 0.717) is 10.2 Å². The van der Waals surface area contributed by atoms with Crippen LogP contribution < -0.4 is 10.5 Å². The van der Waals surface area contributed by atoms with Gasteiger partial charge in [-0.25, -0.2) is 13.8 Å². The van der Waals surface area contributed by atoms with Crippen LogP contribution in [0.25, 0.3) is 0 Å². The van der Waals surface area contributed by atoms with Crippen LogP contribution in [0, 0.1) is 18.6 Å². The highest BCUT2D eigenvalue weighted by molar-refractivity contribution is 9.10. The zero-order valence-corrected chi connectivity index (χ0v) is 11.0. The fourth-order valence-electron chi connectivity index (χ4n) is 1.29. The molecule has 0 bridgehead atoms. The molecule has 18 heavy (non-hydrogen) atoms. The molecule has 0 aliphatic rings. The molecule has 0 aliphatic heterocycles. The Labute approximate surface area is 111 Å². The first-order valence-electron chi connectivity index (χ1n) is 5.02. The maximum Gasteiger partial charge on any atom is 0.234 e. The molecule has 0 radical (unpaired) electrons. The maximum atomic E-state index is 13.0. The summed E-state index contributed by atoms with van der Waals surface area (Å²) < 4.78 is 31.7. The lowest BCUT2D eigenvalue weighted by Crippen LogP contribution is -1.97. The van der Waals surface area contributed by atoms with E-state index in [9.17, 15) is 8.78 Å². The molecule has 1 aromatic carbocycles. The third-order valence-electron chi connectivity index (χ3n) is 2.38. The number of rotatable bonds is 2. The van der Waals surface area contributed by atoms with E-state index in [4.69, 9.17) is 10.5 Å². The summed E-state index contributed by atoms with van der Waals surface area (Å²) in [7, 11) is 0. The monoisotopic (exact) mass is 314 g/mol. The second-order valence-corrected chi connectivity index (χ2v) is 4.43. The molecule has 0 aliphatic carbocycles. The van der Waals surface area contributed by atoms with Crippen LogP contribution in [0.3, 0.4) is 0 Å². The van der Waals surface area contributed by atoms with Gasteiger partial charge in [-0.15, -0.1) is 0 Å². The minimum Gasteiger partial charge on any atom is -0.438 e. The Morgan fingerprint density at radius 2 is 2.00 bits per heavy atom. The average Bonchev–Trinajstić information content (AvgIpc) is 2.34. The van der Waals surface area contributed by atoms with E-state index in [-0.39, 0.29) is 11.6 Å². The summed E-state index contributed by atoms with van der Waals surface area (Å²) in [4.78, 5) is 3.98. The van der Waals surface area contributed by atoms with Gasteiger partial charge in [0.25, 0.3) is 0 Å². The molecule has 0 saturated heterocycles. The molecule has 3 nitrogen and oxygen atoms in total. The van der Waals surface area contributed by atoms with Crippen LogP contribution in [-0.2, 0) is 0 Å². The van der Waals surface area contributed by atoms with Gasteiger partial charge in [0.1, 0.15) is 5.75 Å². The average molecular weight is 315 g/mol. The summed E-state index contributed by atoms with van der Waals surface area (Å²) >= 11 is 3.29. The van der Waals surface area contributed by atoms with E-state index in [0.717, 1.165) is 17.7 Å². The van der Waals surface area contributed by atoms with Crippen LogP contribution in [0.2, 0.25) is 0 Å². The fraction of sp³-hybridized carbons (Fsp3) is 0.0833. The van der Waals surface area contributed by atoms with Gasteiger partial charge in [0.2, 0.25) is 5.88 Å². The molecule has 1 heterocycles. The second kappa shape index (κ2) is 4.89. The summed E-state index contributed by atoms with van der Waals surface area (Å²) in [5, 5.41) is 0. The van der Waals surface area contributed by atoms with E-state index in [1.807, 2.05) is 0 Å². The van der Waals surface area contributed by atoms with Crippen molar-refractivity contribution >= 4 is 21.6 Å². The molecule has 1 aromatic heterocycles. The highest BCUT2D eigenvalue weighted by atomic mass is 79.9. The third kappa shape index (κ3) is 2.43. The number of nitrogen functional groups attached to an aromatic ring is 1. The van der Waals surface area contributed by atoms with E-state index in [1.54, 1.807) is 6.92 Å². The number of pyridine rings is 1. The summed E-state index contributed by atoms with van der Waals surface area (Å²) in [6, 6.07) is 3.26. The first-order valence-corrected chi connectivity index (χ1v) is 5.82. The molecule has 0 saturated carbocycles. The summed E-state index contributed by atoms with van der Waals surface area (Å²) in [5.41, 5.74) is 6.95. The smallest absolute Gasteiger partial charge is 0.234 e. The number of anilines is 1. The van der Waals surface area contributed by atoms with E-state index < -0.39 is 11.6 Å². The number of aromatic nitrogens is 1. The van der Waals surface area contributed by atoms with Gasteiger partial charge in [0.15, 0.2) is 11.6 Å². The van der Waals surface area contributed by atoms with Crippen molar-refractivity contribution < 1.29 is 13.5 Å². The van der Waals surface area contributed by atoms with Gasteiger partial charge in [-0.2, -0.15) is 0 Å². The maximum absolute atomic E-state index is 13.0. The van der Waals surface area contributed by atoms with Gasteiger partial charge in [-0.1, -0.05) is 0 Å². The van der Waals surface area contributed by atoms with Crippen LogP contribution in [0.1, 0.15) is 5.56 Å². The van der Waals surface area contributed by atoms with Gasteiger partial charge in [0.05, 0.1) is 16.4 Å². The van der Waals surface area contributed by atoms with E-state index in [1.165, 1.54) is 12.3 Å². The molecule has 0 spiro atoms. The standard InChI is InChI=1S/C12H9BrF2N2O/c1-6-10(16)5-17-12(11(6)13)18-7-2-3-8(14)9(15)4-7/h2-5H,16H2,1H3. The topological polar surface area (TPSA) is 48.1 Å². The van der Waals surface area contributed by atoms with Crippen molar-refractivity contribution in [1.82, 2.24) is 4.98 Å². The first-order chi connectivity index (χ1) is 8.49. The minimum atomic E-state index is -0.976. The number of hydrogen-bond donors (Lipinski definition) is 1. The molecule has 0 amide bonds. The van der Waals surface area contributed by atoms with Gasteiger partial charge < -0.3 is 10.5 Å². The quantitative estimate of drug-likeness (QED) is 0.917. The molecule has 2 N–H and O–H groups in total. The highest BCUT2D eigenvalue weighted by Gasteiger charge is 2.11. The Morgan fingerprint density at radius 3 is 2.67 bits per heavy atom. The molecular weight excluding hydrogens is 306 g/mol. The predicted molar refractivity (Wildman–Crippen MR) is 67.5 cm³/mol. The summed E-state index contributed by atoms with van der Waals surface area (Å²) in [6.45, 7) is 1.79. The predicted octanol–water partition coefficient (Wildman–Crippen LogP) is 3.81. The Morgan fingerprint density at radius 1 is 1.28 bits per heavy atom. The van der Waals surface area contributed by atoms with E-state index >= 15 is 0 Å². The first kappa shape index (κ1) is 12.8. The van der Waals surface area contributed by atoms with Gasteiger partial charge in [0, 0.05) is 6.07 Å². The molecule has 0 unspecified atom stereocenters. The molecule has 0 fully saturated rings. The number of hydrogen-bond acceptors (Lipinski definition) is 3. The Kier molecular flexibility index (Phi) is 3.47. The molecule has 2 aromatic rings. The molecule has 2 rings (SSSR count). The highest BCUT2D eigenvalue weighted by Crippen LogP contribution is 2.32. The summed E-state index contributed by atoms with van der Waals surface area (Å²) in [6.07, 6.45) is 1.44. The largest absolute Gasteiger partial charge is 0.438 e. The minimum absolute atomic E-state index is 0.159. The number of nitrogens with zero attached hydrogens (tertiary/aromatic N) is 1. The zero-order chi connectivity index (χ0) is 13.3. The van der Waals surface area contributed by atoms with Crippen LogP contribution in [0.15, 0.2) is 28.9 Å². The van der Waals surface area contributed by atoms with Crippen molar-refractivity contribution in [2.45, 2.75) is 6.92 Å². The van der Waals surface area contributed by atoms with Crippen LogP contribution in [0.4, 0.5) is 14.5 Å². The Hall–Kier alpha value is -1.69. The van der Waals surface area contributed by atoms with Crippen molar-refractivity contribution in [3.63, 3.8) is 0 Å². The Bertz CT molecular complexity index is 605. The molecular formula is C12H9BrF2N2O. The van der Waals surface area contributed by atoms with Gasteiger partial charge >= 0.3 is 0 Å². The van der Waals surface area contributed by atoms with Crippen LogP contribution in [-0.4, -0.2) is 4.98 Å². The number of ether oxygens (including phenoxy) is 1. The Balaban J connectivity index is 2.34. The van der Waals surface area contributed by atoms with Crippen molar-refractivity contribution in [3.05, 3.63) is 46.1 Å². The number of halogens is 3. The van der Waals surface area contributed by atoms with Gasteiger partial charge in [-0.05, 0) is 40.5 Å². The van der Waals surface area contributed by atoms with Crippen molar-refractivity contribution in [1.29, 1.82) is 0 Å². The second-order valence-electron chi connectivity index (χ2n) is 3.64. The molecule has 0 atom stereocenters. The molecule has 6 heteroatoms. The lowest BCUT2D eigenvalue weighted by atomic mass is 10.2. The number of benzene rings is 1. The normalized spacial score (nSPS) is 10.4. The lowest BCUT2D eigenvalue weighted by molar-refractivity contribution is 0.445. The van der Waals surface area contributed by atoms with Crippen molar-refractivity contribution in [2.75, 3.05) is 5.73 Å². The third-order valence-corrected chi connectivity index (χ3v) is 3.31. The van der Waals surface area contributed by atoms with Crippen molar-refractivity contribution in [2.24, 2.45) is 0 Å². The zero-order valence-electron chi connectivity index (χ0n) is 9.38. The summed E-state index contributed by atoms with van der Waals surface area (Å²) in [5.74, 6) is -1.50.